The second-order valence-corrected chi connectivity index (χ2v) is 3.95. The molecule has 0 bridgehead atoms. The van der Waals surface area contributed by atoms with E-state index in [1.54, 1.807) is 6.20 Å². The van der Waals surface area contributed by atoms with Gasteiger partial charge in [0, 0.05) is 11.9 Å². The molecule has 1 radical (unpaired) electrons. The molecule has 0 spiro atoms. The van der Waals surface area contributed by atoms with Gasteiger partial charge in [-0.05, 0) is 45.7 Å². The van der Waals surface area contributed by atoms with Crippen LogP contribution in [0.25, 0.3) is 0 Å². The fraction of sp³-hybridized carbons (Fsp3) is 0. The fourth-order valence-electron chi connectivity index (χ4n) is 1.04. The fourth-order valence-corrected chi connectivity index (χ4v) is 1.46. The van der Waals surface area contributed by atoms with Crippen LogP contribution < -0.4 is 5.32 Å². The minimum atomic E-state index is 0.209. The second kappa shape index (κ2) is 4.59. The molecule has 1 N–H and O–H groups in total. The smallest absolute Gasteiger partial charge is 0.224 e. The third-order valence-corrected chi connectivity index (χ3v) is 2.45. The van der Waals surface area contributed by atoms with Crippen LogP contribution in [0, 0.1) is 6.07 Å². The minimum Gasteiger partial charge on any atom is -0.339 e. The van der Waals surface area contributed by atoms with E-state index >= 15 is 0 Å². The molecule has 0 aliphatic heterocycles. The van der Waals surface area contributed by atoms with Gasteiger partial charge < -0.3 is 5.32 Å². The summed E-state index contributed by atoms with van der Waals surface area (Å²) in [5.41, 5.74) is 0.896. The van der Waals surface area contributed by atoms with Crippen molar-refractivity contribution in [2.75, 3.05) is 5.32 Å². The predicted octanol–water partition coefficient (Wildman–Crippen LogP) is 3.44. The summed E-state index contributed by atoms with van der Waals surface area (Å²) < 4.78 is 0.760. The average Bonchev–Trinajstić information content (AvgIpc) is 2.25. The zero-order valence-electron chi connectivity index (χ0n) is 7.54. The first kappa shape index (κ1) is 10.4. The lowest BCUT2D eigenvalue weighted by atomic mass is 10.3. The van der Waals surface area contributed by atoms with Gasteiger partial charge in [-0.3, -0.25) is 0 Å². The van der Waals surface area contributed by atoms with Crippen molar-refractivity contribution in [1.82, 2.24) is 9.97 Å². The van der Waals surface area contributed by atoms with E-state index in [0.29, 0.717) is 5.82 Å². The molecule has 0 unspecified atom stereocenters. The first-order valence-electron chi connectivity index (χ1n) is 4.17. The molecule has 1 aromatic heterocycles. The largest absolute Gasteiger partial charge is 0.339 e. The number of aromatic nitrogens is 2. The lowest BCUT2D eigenvalue weighted by molar-refractivity contribution is 1.15. The summed E-state index contributed by atoms with van der Waals surface area (Å²) in [6.45, 7) is 0. The predicted molar refractivity (Wildman–Crippen MR) is 63.3 cm³/mol. The molecular weight excluding hydrogens is 277 g/mol. The molecule has 0 amide bonds. The van der Waals surface area contributed by atoms with Crippen LogP contribution in [0.1, 0.15) is 0 Å². The summed E-state index contributed by atoms with van der Waals surface area (Å²) in [6.07, 6.45) is 1.60. The summed E-state index contributed by atoms with van der Waals surface area (Å²) in [5, 5.41) is 3.31. The van der Waals surface area contributed by atoms with E-state index in [0.717, 1.165) is 10.2 Å². The van der Waals surface area contributed by atoms with Gasteiger partial charge in [0.1, 0.15) is 5.82 Å². The van der Waals surface area contributed by atoms with Crippen molar-refractivity contribution >= 4 is 39.0 Å². The van der Waals surface area contributed by atoms with Crippen molar-refractivity contribution < 1.29 is 0 Å². The van der Waals surface area contributed by atoms with Gasteiger partial charge in [-0.15, -0.1) is 0 Å². The summed E-state index contributed by atoms with van der Waals surface area (Å²) >= 11 is 9.02. The highest BCUT2D eigenvalue weighted by Crippen LogP contribution is 2.23. The Balaban J connectivity index is 2.28. The maximum Gasteiger partial charge on any atom is 0.224 e. The third kappa shape index (κ3) is 2.67. The number of rotatable bonds is 2. The number of halogens is 2. The molecule has 0 aliphatic carbocycles. The van der Waals surface area contributed by atoms with Gasteiger partial charge in [-0.1, -0.05) is 12.1 Å². The second-order valence-electron chi connectivity index (χ2n) is 2.75. The summed E-state index contributed by atoms with van der Waals surface area (Å²) in [5.74, 6) is 0.634. The number of hydrogen-bond acceptors (Lipinski definition) is 3. The number of nitrogens with zero attached hydrogens (tertiary/aromatic N) is 2. The standard InChI is InChI=1S/C10H6BrClN3/c11-8-6-13-10(12)15-9(8)14-7-4-2-1-3-5-7/h1-2,4-6H,(H,13,14,15). The van der Waals surface area contributed by atoms with Crippen molar-refractivity contribution in [3.05, 3.63) is 46.3 Å². The number of hydrogen-bond donors (Lipinski definition) is 1. The highest BCUT2D eigenvalue weighted by Gasteiger charge is 2.03. The normalized spacial score (nSPS) is 10.0. The van der Waals surface area contributed by atoms with Crippen LogP contribution in [-0.2, 0) is 0 Å². The molecule has 2 rings (SSSR count). The first-order valence-corrected chi connectivity index (χ1v) is 5.34. The Morgan fingerprint density at radius 3 is 3.07 bits per heavy atom. The lowest BCUT2D eigenvalue weighted by Crippen LogP contribution is -1.95. The van der Waals surface area contributed by atoms with E-state index in [9.17, 15) is 0 Å². The van der Waals surface area contributed by atoms with E-state index in [1.807, 2.05) is 24.3 Å². The summed E-state index contributed by atoms with van der Waals surface area (Å²) in [4.78, 5) is 7.89. The maximum absolute atomic E-state index is 5.69. The molecule has 0 aliphatic rings. The number of benzene rings is 1. The zero-order chi connectivity index (χ0) is 10.7. The molecule has 2 aromatic rings. The Bertz CT molecular complexity index is 461. The molecule has 1 aromatic carbocycles. The number of anilines is 2. The van der Waals surface area contributed by atoms with E-state index in [1.165, 1.54) is 0 Å². The van der Waals surface area contributed by atoms with Crippen LogP contribution in [0.15, 0.2) is 34.9 Å². The Morgan fingerprint density at radius 1 is 1.47 bits per heavy atom. The van der Waals surface area contributed by atoms with Gasteiger partial charge >= 0.3 is 0 Å². The van der Waals surface area contributed by atoms with E-state index in [4.69, 9.17) is 11.6 Å². The molecule has 1 heterocycles. The zero-order valence-corrected chi connectivity index (χ0v) is 9.88. The SMILES string of the molecule is Clc1ncc(Br)c(Nc2c[c]ccc2)n1. The monoisotopic (exact) mass is 282 g/mol. The molecule has 0 fully saturated rings. The van der Waals surface area contributed by atoms with E-state index in [-0.39, 0.29) is 5.28 Å². The Labute approximate surface area is 101 Å². The van der Waals surface area contributed by atoms with Crippen LogP contribution in [0.2, 0.25) is 5.28 Å². The highest BCUT2D eigenvalue weighted by molar-refractivity contribution is 9.10. The van der Waals surface area contributed by atoms with Gasteiger partial charge in [-0.2, -0.15) is 4.98 Å². The third-order valence-electron chi connectivity index (χ3n) is 1.68. The topological polar surface area (TPSA) is 37.8 Å². The average molecular weight is 284 g/mol. The van der Waals surface area contributed by atoms with Crippen LogP contribution in [-0.4, -0.2) is 9.97 Å². The molecule has 3 nitrogen and oxygen atoms in total. The van der Waals surface area contributed by atoms with Gasteiger partial charge in [0.05, 0.1) is 4.47 Å². The highest BCUT2D eigenvalue weighted by atomic mass is 79.9. The van der Waals surface area contributed by atoms with Crippen LogP contribution >= 0.6 is 27.5 Å². The van der Waals surface area contributed by atoms with Crippen molar-refractivity contribution in [2.45, 2.75) is 0 Å². The summed E-state index contributed by atoms with van der Waals surface area (Å²) in [7, 11) is 0. The van der Waals surface area contributed by atoms with E-state index in [2.05, 4.69) is 37.3 Å². The van der Waals surface area contributed by atoms with Crippen LogP contribution in [0.3, 0.4) is 0 Å². The minimum absolute atomic E-state index is 0.209. The number of nitrogens with one attached hydrogen (secondary N) is 1. The van der Waals surface area contributed by atoms with Crippen LogP contribution in [0.4, 0.5) is 11.5 Å². The molecule has 0 atom stereocenters. The Hall–Kier alpha value is -1.13. The van der Waals surface area contributed by atoms with Crippen molar-refractivity contribution in [1.29, 1.82) is 0 Å². The molecule has 5 heteroatoms. The quantitative estimate of drug-likeness (QED) is 0.858. The molecule has 0 saturated carbocycles. The first-order chi connectivity index (χ1) is 7.25. The van der Waals surface area contributed by atoms with Gasteiger partial charge in [0.15, 0.2) is 0 Å². The van der Waals surface area contributed by atoms with Crippen molar-refractivity contribution in [3.8, 4) is 0 Å². The molecular formula is C10H6BrClN3. The van der Waals surface area contributed by atoms with Crippen molar-refractivity contribution in [2.24, 2.45) is 0 Å². The lowest BCUT2D eigenvalue weighted by Gasteiger charge is -2.06. The molecule has 75 valence electrons. The van der Waals surface area contributed by atoms with Gasteiger partial charge in [-0.25, -0.2) is 4.98 Å². The Morgan fingerprint density at radius 2 is 2.33 bits per heavy atom. The molecule has 15 heavy (non-hydrogen) atoms. The maximum atomic E-state index is 5.69. The Kier molecular flexibility index (Phi) is 3.18. The van der Waals surface area contributed by atoms with Gasteiger partial charge in [0.2, 0.25) is 5.28 Å². The summed E-state index contributed by atoms with van der Waals surface area (Å²) in [6, 6.07) is 10.4. The van der Waals surface area contributed by atoms with E-state index < -0.39 is 0 Å². The van der Waals surface area contributed by atoms with Crippen LogP contribution in [0.5, 0.6) is 0 Å². The van der Waals surface area contributed by atoms with Crippen molar-refractivity contribution in [3.63, 3.8) is 0 Å². The van der Waals surface area contributed by atoms with Gasteiger partial charge in [0.25, 0.3) is 0 Å². The molecule has 0 saturated heterocycles.